The van der Waals surface area contributed by atoms with E-state index in [0.717, 1.165) is 6.20 Å². The number of nitrogens with one attached hydrogen (secondary N) is 1. The first kappa shape index (κ1) is 13.0. The summed E-state index contributed by atoms with van der Waals surface area (Å²) in [4.78, 5) is 25.3. The first-order valence-corrected chi connectivity index (χ1v) is 5.06. The van der Waals surface area contributed by atoms with Crippen LogP contribution in [0.4, 0.5) is 0 Å². The Morgan fingerprint density at radius 3 is 2.50 bits per heavy atom. The second kappa shape index (κ2) is 5.34. The number of carbonyl (C=O) groups is 2. The van der Waals surface area contributed by atoms with Crippen molar-refractivity contribution < 1.29 is 14.7 Å². The van der Waals surface area contributed by atoms with Crippen molar-refractivity contribution in [2.45, 2.75) is 0 Å². The van der Waals surface area contributed by atoms with E-state index in [1.807, 2.05) is 0 Å². The lowest BCUT2D eigenvalue weighted by atomic mass is 10.3. The van der Waals surface area contributed by atoms with Crippen LogP contribution in [0.5, 0.6) is 0 Å². The van der Waals surface area contributed by atoms with Crippen molar-refractivity contribution in [2.24, 2.45) is 0 Å². The topological polar surface area (TPSA) is 79.3 Å². The second-order valence-corrected chi connectivity index (χ2v) is 3.82. The fourth-order valence-electron chi connectivity index (χ4n) is 0.841. The van der Waals surface area contributed by atoms with Gasteiger partial charge in [-0.25, -0.2) is 4.98 Å². The molecule has 0 saturated carbocycles. The van der Waals surface area contributed by atoms with Gasteiger partial charge in [0.15, 0.2) is 0 Å². The molecule has 0 spiro atoms. The van der Waals surface area contributed by atoms with E-state index in [9.17, 15) is 9.59 Å². The van der Waals surface area contributed by atoms with Crippen LogP contribution in [0.1, 0.15) is 10.5 Å². The van der Waals surface area contributed by atoms with Gasteiger partial charge in [-0.05, 0) is 0 Å². The van der Waals surface area contributed by atoms with Crippen LogP contribution >= 0.6 is 34.8 Å². The van der Waals surface area contributed by atoms with Gasteiger partial charge in [0.2, 0.25) is 0 Å². The van der Waals surface area contributed by atoms with Crippen molar-refractivity contribution in [1.29, 1.82) is 0 Å². The number of rotatable bonds is 3. The standard InChI is InChI=1S/C8H5Cl3N2O3/c9-3-1-12-7(6(11)5(3)10)8(16)13-2-4(14)15/h1H,2H2,(H,13,16)(H,14,15). The molecule has 0 fully saturated rings. The Balaban J connectivity index is 2.92. The van der Waals surface area contributed by atoms with Crippen LogP contribution in [0.2, 0.25) is 15.1 Å². The number of hydrogen-bond donors (Lipinski definition) is 2. The van der Waals surface area contributed by atoms with Gasteiger partial charge in [-0.2, -0.15) is 0 Å². The van der Waals surface area contributed by atoms with E-state index >= 15 is 0 Å². The maximum atomic E-state index is 11.4. The Bertz CT molecular complexity index is 450. The molecular weight excluding hydrogens is 278 g/mol. The molecule has 0 bridgehead atoms. The molecule has 0 saturated heterocycles. The number of carbonyl (C=O) groups excluding carboxylic acids is 1. The number of carboxylic acids is 1. The molecule has 1 rings (SSSR count). The Hall–Kier alpha value is -1.04. The van der Waals surface area contributed by atoms with Gasteiger partial charge in [-0.3, -0.25) is 9.59 Å². The lowest BCUT2D eigenvalue weighted by Crippen LogP contribution is -2.30. The second-order valence-electron chi connectivity index (χ2n) is 2.66. The Labute approximate surface area is 105 Å². The van der Waals surface area contributed by atoms with Gasteiger partial charge in [-0.1, -0.05) is 34.8 Å². The average molecular weight is 283 g/mol. The maximum Gasteiger partial charge on any atom is 0.322 e. The van der Waals surface area contributed by atoms with Crippen molar-refractivity contribution in [3.8, 4) is 0 Å². The monoisotopic (exact) mass is 282 g/mol. The van der Waals surface area contributed by atoms with Crippen LogP contribution in [0.3, 0.4) is 0 Å². The van der Waals surface area contributed by atoms with Gasteiger partial charge in [0.1, 0.15) is 12.2 Å². The molecule has 0 aromatic carbocycles. The minimum atomic E-state index is -1.18. The summed E-state index contributed by atoms with van der Waals surface area (Å²) in [5.74, 6) is -1.91. The highest BCUT2D eigenvalue weighted by molar-refractivity contribution is 6.48. The lowest BCUT2D eigenvalue weighted by Gasteiger charge is -2.05. The van der Waals surface area contributed by atoms with E-state index in [2.05, 4.69) is 10.3 Å². The van der Waals surface area contributed by atoms with Crippen LogP contribution in [-0.2, 0) is 4.79 Å². The molecule has 0 aliphatic heterocycles. The van der Waals surface area contributed by atoms with E-state index in [0.29, 0.717) is 0 Å². The number of aliphatic carboxylic acids is 1. The van der Waals surface area contributed by atoms with Crippen LogP contribution in [-0.4, -0.2) is 28.5 Å². The summed E-state index contributed by atoms with van der Waals surface area (Å²) in [5.41, 5.74) is -0.169. The van der Waals surface area contributed by atoms with Crippen molar-refractivity contribution in [3.63, 3.8) is 0 Å². The number of halogens is 3. The van der Waals surface area contributed by atoms with Crippen LogP contribution in [0, 0.1) is 0 Å². The molecule has 5 nitrogen and oxygen atoms in total. The molecule has 2 N–H and O–H groups in total. The lowest BCUT2D eigenvalue weighted by molar-refractivity contribution is -0.135. The van der Waals surface area contributed by atoms with Crippen molar-refractivity contribution in [3.05, 3.63) is 27.0 Å². The molecule has 0 unspecified atom stereocenters. The first-order valence-electron chi connectivity index (χ1n) is 3.93. The van der Waals surface area contributed by atoms with Crippen LogP contribution in [0.15, 0.2) is 6.20 Å². The Kier molecular flexibility index (Phi) is 4.35. The van der Waals surface area contributed by atoms with Gasteiger partial charge >= 0.3 is 5.97 Å². The molecule has 0 radical (unpaired) electrons. The van der Waals surface area contributed by atoms with E-state index in [4.69, 9.17) is 39.9 Å². The van der Waals surface area contributed by atoms with Gasteiger partial charge in [-0.15, -0.1) is 0 Å². The van der Waals surface area contributed by atoms with Crippen molar-refractivity contribution in [1.82, 2.24) is 10.3 Å². The van der Waals surface area contributed by atoms with Gasteiger partial charge in [0, 0.05) is 6.20 Å². The molecule has 86 valence electrons. The Morgan fingerprint density at radius 2 is 1.94 bits per heavy atom. The summed E-state index contributed by atoms with van der Waals surface area (Å²) in [6, 6.07) is 0. The molecule has 0 aliphatic rings. The van der Waals surface area contributed by atoms with E-state index in [-0.39, 0.29) is 20.8 Å². The third-order valence-corrected chi connectivity index (χ3v) is 2.77. The highest BCUT2D eigenvalue weighted by atomic mass is 35.5. The molecule has 16 heavy (non-hydrogen) atoms. The van der Waals surface area contributed by atoms with Gasteiger partial charge in [0.25, 0.3) is 5.91 Å². The first-order chi connectivity index (χ1) is 7.43. The molecule has 1 heterocycles. The zero-order chi connectivity index (χ0) is 12.3. The summed E-state index contributed by atoms with van der Waals surface area (Å²) < 4.78 is 0. The molecule has 1 aromatic rings. The SMILES string of the molecule is O=C(O)CNC(=O)c1ncc(Cl)c(Cl)c1Cl. The largest absolute Gasteiger partial charge is 0.480 e. The zero-order valence-electron chi connectivity index (χ0n) is 7.63. The number of nitrogens with zero attached hydrogens (tertiary/aromatic N) is 1. The van der Waals surface area contributed by atoms with E-state index in [1.165, 1.54) is 0 Å². The summed E-state index contributed by atoms with van der Waals surface area (Å²) >= 11 is 17.0. The fraction of sp³-hybridized carbons (Fsp3) is 0.125. The third kappa shape index (κ3) is 2.98. The van der Waals surface area contributed by atoms with Gasteiger partial charge in [0.05, 0.1) is 15.1 Å². The highest BCUT2D eigenvalue weighted by Crippen LogP contribution is 2.30. The molecule has 0 aliphatic carbocycles. The summed E-state index contributed by atoms with van der Waals surface area (Å²) in [6.45, 7) is -0.531. The van der Waals surface area contributed by atoms with Crippen LogP contribution in [0.25, 0.3) is 0 Å². The fourth-order valence-corrected chi connectivity index (χ4v) is 1.41. The van der Waals surface area contributed by atoms with E-state index in [1.54, 1.807) is 0 Å². The van der Waals surface area contributed by atoms with Crippen molar-refractivity contribution in [2.75, 3.05) is 6.54 Å². The number of amides is 1. The number of aromatic nitrogens is 1. The number of hydrogen-bond acceptors (Lipinski definition) is 3. The summed E-state index contributed by atoms with van der Waals surface area (Å²) in [6.07, 6.45) is 1.16. The van der Waals surface area contributed by atoms with E-state index < -0.39 is 18.4 Å². The summed E-state index contributed by atoms with van der Waals surface area (Å²) in [5, 5.41) is 10.5. The predicted octanol–water partition coefficient (Wildman–Crippen LogP) is 1.86. The predicted molar refractivity (Wildman–Crippen MR) is 59.2 cm³/mol. The molecule has 1 amide bonds. The zero-order valence-corrected chi connectivity index (χ0v) is 9.90. The molecular formula is C8H5Cl3N2O3. The normalized spacial score (nSPS) is 9.94. The van der Waals surface area contributed by atoms with Crippen LogP contribution < -0.4 is 5.32 Å². The van der Waals surface area contributed by atoms with Crippen molar-refractivity contribution >= 4 is 46.7 Å². The number of pyridine rings is 1. The number of carboxylic acid groups (broad SMARTS) is 1. The molecule has 0 atom stereocenters. The maximum absolute atomic E-state index is 11.4. The smallest absolute Gasteiger partial charge is 0.322 e. The highest BCUT2D eigenvalue weighted by Gasteiger charge is 2.17. The Morgan fingerprint density at radius 1 is 1.31 bits per heavy atom. The third-order valence-electron chi connectivity index (χ3n) is 1.53. The molecule has 1 aromatic heterocycles. The molecule has 8 heteroatoms. The van der Waals surface area contributed by atoms with Gasteiger partial charge < -0.3 is 10.4 Å². The quantitative estimate of drug-likeness (QED) is 0.887. The minimum Gasteiger partial charge on any atom is -0.480 e. The minimum absolute atomic E-state index is 0.00110. The summed E-state index contributed by atoms with van der Waals surface area (Å²) in [7, 11) is 0. The average Bonchev–Trinajstić information content (AvgIpc) is 2.23.